The number of thiophene rings is 1. The highest BCUT2D eigenvalue weighted by Gasteiger charge is 2.27. The van der Waals surface area contributed by atoms with E-state index in [-0.39, 0.29) is 0 Å². The average molecular weight is 368 g/mol. The van der Waals surface area contributed by atoms with Gasteiger partial charge in [-0.15, -0.1) is 17.3 Å². The molecular formula is C22H29N3S. The van der Waals surface area contributed by atoms with Crippen molar-refractivity contribution in [2.45, 2.75) is 64.0 Å². The maximum atomic E-state index is 4.75. The molecule has 0 aromatic carbocycles. The summed E-state index contributed by atoms with van der Waals surface area (Å²) in [5.74, 6) is 7.30. The Bertz CT molecular complexity index is 830. The van der Waals surface area contributed by atoms with E-state index in [4.69, 9.17) is 4.98 Å². The molecule has 0 aliphatic heterocycles. The van der Waals surface area contributed by atoms with Crippen LogP contribution < -0.4 is 5.32 Å². The maximum absolute atomic E-state index is 4.75. The average Bonchev–Trinajstić information content (AvgIpc) is 3.39. The molecule has 4 rings (SSSR count). The van der Waals surface area contributed by atoms with Crippen LogP contribution in [-0.2, 0) is 6.42 Å². The topological polar surface area (TPSA) is 28.2 Å². The Morgan fingerprint density at radius 2 is 1.96 bits per heavy atom. The number of hydrogen-bond acceptors (Lipinski definition) is 4. The van der Waals surface area contributed by atoms with Gasteiger partial charge in [-0.05, 0) is 77.9 Å². The lowest BCUT2D eigenvalue weighted by atomic mass is 9.90. The third-order valence-electron chi connectivity index (χ3n) is 5.88. The van der Waals surface area contributed by atoms with Crippen LogP contribution in [0, 0.1) is 17.8 Å². The quantitative estimate of drug-likeness (QED) is 0.762. The summed E-state index contributed by atoms with van der Waals surface area (Å²) in [5.41, 5.74) is 3.84. The standard InChI is InChI=1S/C22H29N3S/c1-4-5-20-18(14-15-6-7-15)21-22(26-20)19(12-13-23-21)24-16-8-10-17(11-9-16)25(2)3/h12-13,15-17H,6-11,14H2,1-3H3,(H,23,24). The van der Waals surface area contributed by atoms with Crippen LogP contribution in [0.15, 0.2) is 12.3 Å². The van der Waals surface area contributed by atoms with Crippen molar-refractivity contribution in [1.82, 2.24) is 9.88 Å². The molecule has 0 unspecified atom stereocenters. The third kappa shape index (κ3) is 3.75. The number of rotatable bonds is 5. The van der Waals surface area contributed by atoms with Crippen molar-refractivity contribution < 1.29 is 0 Å². The summed E-state index contributed by atoms with van der Waals surface area (Å²) in [7, 11) is 4.41. The van der Waals surface area contributed by atoms with E-state index >= 15 is 0 Å². The SMILES string of the molecule is CC#Cc1sc2c(NC3CCC(N(C)C)CC3)ccnc2c1CC1CC1. The molecule has 26 heavy (non-hydrogen) atoms. The predicted octanol–water partition coefficient (Wildman–Crippen LogP) is 4.90. The molecular weight excluding hydrogens is 338 g/mol. The molecule has 2 fully saturated rings. The second-order valence-corrected chi connectivity index (χ2v) is 9.10. The Morgan fingerprint density at radius 3 is 2.62 bits per heavy atom. The maximum Gasteiger partial charge on any atom is 0.0875 e. The summed E-state index contributed by atoms with van der Waals surface area (Å²) < 4.78 is 1.30. The fourth-order valence-corrected chi connectivity index (χ4v) is 5.29. The zero-order chi connectivity index (χ0) is 18.1. The van der Waals surface area contributed by atoms with Gasteiger partial charge in [-0.25, -0.2) is 0 Å². The van der Waals surface area contributed by atoms with Crippen molar-refractivity contribution in [1.29, 1.82) is 0 Å². The van der Waals surface area contributed by atoms with Gasteiger partial charge in [0.1, 0.15) is 0 Å². The van der Waals surface area contributed by atoms with E-state index in [0.717, 1.165) is 18.4 Å². The van der Waals surface area contributed by atoms with E-state index in [2.05, 4.69) is 42.2 Å². The zero-order valence-corrected chi connectivity index (χ0v) is 17.0. The molecule has 1 N–H and O–H groups in total. The van der Waals surface area contributed by atoms with Crippen molar-refractivity contribution in [2.24, 2.45) is 5.92 Å². The minimum Gasteiger partial charge on any atom is -0.381 e. The van der Waals surface area contributed by atoms with Crippen LogP contribution >= 0.6 is 11.3 Å². The number of nitrogens with one attached hydrogen (secondary N) is 1. The van der Waals surface area contributed by atoms with Gasteiger partial charge in [0.2, 0.25) is 0 Å². The van der Waals surface area contributed by atoms with Crippen molar-refractivity contribution >= 4 is 27.2 Å². The van der Waals surface area contributed by atoms with Gasteiger partial charge in [0.15, 0.2) is 0 Å². The van der Waals surface area contributed by atoms with E-state index in [1.54, 1.807) is 0 Å². The van der Waals surface area contributed by atoms with Crippen LogP contribution in [0.2, 0.25) is 0 Å². The van der Waals surface area contributed by atoms with Crippen molar-refractivity contribution in [3.63, 3.8) is 0 Å². The highest BCUT2D eigenvalue weighted by molar-refractivity contribution is 7.20. The molecule has 2 aromatic rings. The van der Waals surface area contributed by atoms with Gasteiger partial charge in [0.05, 0.1) is 20.8 Å². The Labute approximate surface area is 161 Å². The van der Waals surface area contributed by atoms with Gasteiger partial charge in [-0.2, -0.15) is 0 Å². The molecule has 0 saturated heterocycles. The third-order valence-corrected chi connectivity index (χ3v) is 7.05. The van der Waals surface area contributed by atoms with Gasteiger partial charge in [-0.1, -0.05) is 5.92 Å². The van der Waals surface area contributed by atoms with E-state index in [0.29, 0.717) is 6.04 Å². The number of aromatic nitrogens is 1. The van der Waals surface area contributed by atoms with E-state index in [9.17, 15) is 0 Å². The second-order valence-electron chi connectivity index (χ2n) is 8.08. The molecule has 2 aliphatic rings. The lowest BCUT2D eigenvalue weighted by molar-refractivity contribution is 0.221. The molecule has 0 bridgehead atoms. The molecule has 2 aliphatic carbocycles. The number of pyridine rings is 1. The highest BCUT2D eigenvalue weighted by Crippen LogP contribution is 2.41. The van der Waals surface area contributed by atoms with Gasteiger partial charge in [0.25, 0.3) is 0 Å². The molecule has 0 radical (unpaired) electrons. The van der Waals surface area contributed by atoms with Crippen LogP contribution in [0.1, 0.15) is 55.9 Å². The van der Waals surface area contributed by atoms with Crippen LogP contribution in [0.25, 0.3) is 10.2 Å². The Kier molecular flexibility index (Phi) is 5.20. The zero-order valence-electron chi connectivity index (χ0n) is 16.1. The molecule has 2 aromatic heterocycles. The second kappa shape index (κ2) is 7.58. The fraction of sp³-hybridized carbons (Fsp3) is 0.591. The molecule has 4 heteroatoms. The monoisotopic (exact) mass is 367 g/mol. The Balaban J connectivity index is 1.58. The first-order valence-electron chi connectivity index (χ1n) is 9.91. The molecule has 2 heterocycles. The van der Waals surface area contributed by atoms with Crippen molar-refractivity contribution in [3.8, 4) is 11.8 Å². The van der Waals surface area contributed by atoms with E-state index < -0.39 is 0 Å². The summed E-state index contributed by atoms with van der Waals surface area (Å²) in [6.45, 7) is 1.93. The number of fused-ring (bicyclic) bond motifs is 1. The van der Waals surface area contributed by atoms with Gasteiger partial charge >= 0.3 is 0 Å². The molecule has 138 valence electrons. The van der Waals surface area contributed by atoms with Gasteiger partial charge in [0, 0.05) is 23.8 Å². The number of nitrogens with zero attached hydrogens (tertiary/aromatic N) is 2. The van der Waals surface area contributed by atoms with Crippen LogP contribution in [0.3, 0.4) is 0 Å². The van der Waals surface area contributed by atoms with Crippen molar-refractivity contribution in [3.05, 3.63) is 22.7 Å². The molecule has 3 nitrogen and oxygen atoms in total. The van der Waals surface area contributed by atoms with Gasteiger partial charge < -0.3 is 10.2 Å². The lowest BCUT2D eigenvalue weighted by Gasteiger charge is -2.33. The number of anilines is 1. The first-order valence-corrected chi connectivity index (χ1v) is 10.7. The molecule has 0 spiro atoms. The van der Waals surface area contributed by atoms with Crippen molar-refractivity contribution in [2.75, 3.05) is 19.4 Å². The van der Waals surface area contributed by atoms with Crippen LogP contribution in [0.4, 0.5) is 5.69 Å². The summed E-state index contributed by atoms with van der Waals surface area (Å²) in [5, 5.41) is 3.84. The lowest BCUT2D eigenvalue weighted by Crippen LogP contribution is -2.36. The highest BCUT2D eigenvalue weighted by atomic mass is 32.1. The smallest absolute Gasteiger partial charge is 0.0875 e. The molecule has 0 amide bonds. The Hall–Kier alpha value is -1.57. The first-order chi connectivity index (χ1) is 12.7. The van der Waals surface area contributed by atoms with E-state index in [1.807, 2.05) is 24.5 Å². The number of hydrogen-bond donors (Lipinski definition) is 1. The Morgan fingerprint density at radius 1 is 1.19 bits per heavy atom. The van der Waals surface area contributed by atoms with Gasteiger partial charge in [-0.3, -0.25) is 4.98 Å². The minimum atomic E-state index is 0.575. The first kappa shape index (κ1) is 17.8. The predicted molar refractivity (Wildman–Crippen MR) is 112 cm³/mol. The van der Waals surface area contributed by atoms with Crippen LogP contribution in [0.5, 0.6) is 0 Å². The molecule has 2 saturated carbocycles. The fourth-order valence-electron chi connectivity index (χ4n) is 4.12. The minimum absolute atomic E-state index is 0.575. The van der Waals surface area contributed by atoms with Crippen LogP contribution in [-0.4, -0.2) is 36.1 Å². The largest absolute Gasteiger partial charge is 0.381 e. The normalized spacial score (nSPS) is 23.1. The summed E-state index contributed by atoms with van der Waals surface area (Å²) in [6, 6.07) is 3.47. The summed E-state index contributed by atoms with van der Waals surface area (Å²) in [6.07, 6.45) is 10.9. The summed E-state index contributed by atoms with van der Waals surface area (Å²) >= 11 is 1.83. The van der Waals surface area contributed by atoms with E-state index in [1.165, 1.54) is 64.9 Å². The summed E-state index contributed by atoms with van der Waals surface area (Å²) in [4.78, 5) is 8.35. The molecule has 0 atom stereocenters.